The first-order valence-electron chi connectivity index (χ1n) is 6.99. The number of hydrogen-bond donors (Lipinski definition) is 3. The summed E-state index contributed by atoms with van der Waals surface area (Å²) in [4.78, 5) is 34.0. The van der Waals surface area contributed by atoms with Crippen LogP contribution in [0.25, 0.3) is 0 Å². The topological polar surface area (TPSA) is 102 Å². The van der Waals surface area contributed by atoms with Crippen molar-refractivity contribution in [3.8, 4) is 0 Å². The zero-order chi connectivity index (χ0) is 15.4. The third-order valence-electron chi connectivity index (χ3n) is 3.75. The highest BCUT2D eigenvalue weighted by molar-refractivity contribution is 5.83. The smallest absolute Gasteiger partial charge is 0.326 e. The number of carboxylic acids is 1. The molecule has 1 aliphatic rings. The van der Waals surface area contributed by atoms with Gasteiger partial charge in [0.2, 0.25) is 0 Å². The van der Waals surface area contributed by atoms with Gasteiger partial charge in [-0.1, -0.05) is 6.92 Å². The minimum atomic E-state index is -1.01. The predicted octanol–water partition coefficient (Wildman–Crippen LogP) is -0.118. The van der Waals surface area contributed by atoms with Gasteiger partial charge in [-0.05, 0) is 13.6 Å². The summed E-state index contributed by atoms with van der Waals surface area (Å²) in [6, 6.07) is -1.23. The summed E-state index contributed by atoms with van der Waals surface area (Å²) in [6.45, 7) is 4.38. The van der Waals surface area contributed by atoms with E-state index in [1.807, 2.05) is 14.0 Å². The summed E-state index contributed by atoms with van der Waals surface area (Å²) in [5.41, 5.74) is 1.52. The molecular formula is C13H21N5O3. The molecule has 1 unspecified atom stereocenters. The highest BCUT2D eigenvalue weighted by Crippen LogP contribution is 2.20. The molecule has 0 aliphatic carbocycles. The molecule has 1 aromatic heterocycles. The quantitative estimate of drug-likeness (QED) is 0.703. The Morgan fingerprint density at radius 2 is 2.38 bits per heavy atom. The monoisotopic (exact) mass is 295 g/mol. The van der Waals surface area contributed by atoms with Gasteiger partial charge in [0.25, 0.3) is 0 Å². The van der Waals surface area contributed by atoms with Gasteiger partial charge in [-0.15, -0.1) is 0 Å². The van der Waals surface area contributed by atoms with E-state index >= 15 is 0 Å². The van der Waals surface area contributed by atoms with Gasteiger partial charge in [-0.25, -0.2) is 14.6 Å². The molecule has 1 atom stereocenters. The van der Waals surface area contributed by atoms with Gasteiger partial charge >= 0.3 is 12.0 Å². The lowest BCUT2D eigenvalue weighted by molar-refractivity contribution is -0.142. The number of H-pyrrole nitrogens is 1. The van der Waals surface area contributed by atoms with Crippen LogP contribution in [0.15, 0.2) is 6.33 Å². The maximum Gasteiger partial charge on any atom is 0.326 e. The van der Waals surface area contributed by atoms with E-state index < -0.39 is 12.0 Å². The number of urea groups is 1. The molecule has 116 valence electrons. The molecule has 2 heterocycles. The average Bonchev–Trinajstić information content (AvgIpc) is 2.92. The van der Waals surface area contributed by atoms with Crippen molar-refractivity contribution in [2.75, 3.05) is 26.7 Å². The van der Waals surface area contributed by atoms with Gasteiger partial charge in [-0.2, -0.15) is 0 Å². The lowest BCUT2D eigenvalue weighted by atomic mass is 10.0. The number of nitrogens with one attached hydrogen (secondary N) is 2. The molecule has 1 aromatic rings. The van der Waals surface area contributed by atoms with Gasteiger partial charge in [0.15, 0.2) is 0 Å². The van der Waals surface area contributed by atoms with E-state index in [9.17, 15) is 14.7 Å². The minimum Gasteiger partial charge on any atom is -0.480 e. The number of likely N-dealkylation sites (N-methyl/N-ethyl adjacent to an activating group) is 1. The molecule has 0 aromatic carbocycles. The van der Waals surface area contributed by atoms with E-state index in [-0.39, 0.29) is 19.0 Å². The van der Waals surface area contributed by atoms with Gasteiger partial charge in [-0.3, -0.25) is 0 Å². The number of imidazole rings is 1. The van der Waals surface area contributed by atoms with Crippen LogP contribution in [0.4, 0.5) is 4.79 Å². The number of carbonyl (C=O) groups excluding carboxylic acids is 1. The van der Waals surface area contributed by atoms with E-state index in [2.05, 4.69) is 20.2 Å². The Bertz CT molecular complexity index is 516. The molecule has 1 aliphatic heterocycles. The summed E-state index contributed by atoms with van der Waals surface area (Å²) in [7, 11) is 1.96. The number of aliphatic carboxylic acids is 1. The first kappa shape index (κ1) is 15.3. The maximum absolute atomic E-state index is 12.2. The number of carbonyl (C=O) groups is 2. The lowest BCUT2D eigenvalue weighted by Gasteiger charge is -2.32. The number of aromatic nitrogens is 2. The largest absolute Gasteiger partial charge is 0.480 e. The number of amides is 2. The van der Waals surface area contributed by atoms with Crippen LogP contribution in [0, 0.1) is 0 Å². The number of hydrogen-bond acceptors (Lipinski definition) is 4. The Morgan fingerprint density at radius 3 is 3.05 bits per heavy atom. The van der Waals surface area contributed by atoms with E-state index in [4.69, 9.17) is 0 Å². The molecule has 21 heavy (non-hydrogen) atoms. The number of nitrogens with zero attached hydrogens (tertiary/aromatic N) is 3. The van der Waals surface area contributed by atoms with E-state index in [1.54, 1.807) is 0 Å². The van der Waals surface area contributed by atoms with Gasteiger partial charge in [0.1, 0.15) is 6.04 Å². The molecule has 8 nitrogen and oxygen atoms in total. The molecule has 0 spiro atoms. The van der Waals surface area contributed by atoms with Crippen LogP contribution < -0.4 is 5.32 Å². The molecule has 0 bridgehead atoms. The fraction of sp³-hybridized carbons (Fsp3) is 0.615. The van der Waals surface area contributed by atoms with Crippen molar-refractivity contribution in [3.63, 3.8) is 0 Å². The van der Waals surface area contributed by atoms with Crippen molar-refractivity contribution in [1.82, 2.24) is 25.1 Å². The summed E-state index contributed by atoms with van der Waals surface area (Å²) in [5.74, 6) is -1.01. The van der Waals surface area contributed by atoms with Gasteiger partial charge < -0.3 is 25.2 Å². The molecule has 0 radical (unpaired) electrons. The SMILES string of the molecule is CCN(C)CCNC(=O)N1Cc2[nH]cnc2CC1C(=O)O. The molecule has 2 amide bonds. The Balaban J connectivity index is 1.99. The summed E-state index contributed by atoms with van der Waals surface area (Å²) >= 11 is 0. The number of fused-ring (bicyclic) bond motifs is 1. The molecule has 8 heteroatoms. The third kappa shape index (κ3) is 3.52. The van der Waals surface area contributed by atoms with E-state index in [1.165, 1.54) is 11.2 Å². The standard InChI is InChI=1S/C13H21N5O3/c1-3-17(2)5-4-14-13(21)18-7-10-9(15-8-16-10)6-11(18)12(19)20/h8,11H,3-7H2,1-2H3,(H,14,21)(H,15,16)(H,19,20). The van der Waals surface area contributed by atoms with Crippen LogP contribution in [-0.4, -0.2) is 69.6 Å². The summed E-state index contributed by atoms with van der Waals surface area (Å²) in [6.07, 6.45) is 1.76. The van der Waals surface area contributed by atoms with E-state index in [0.29, 0.717) is 6.54 Å². The van der Waals surface area contributed by atoms with Crippen molar-refractivity contribution in [3.05, 3.63) is 17.7 Å². The molecule has 3 N–H and O–H groups in total. The second-order valence-corrected chi connectivity index (χ2v) is 5.14. The molecular weight excluding hydrogens is 274 g/mol. The first-order valence-corrected chi connectivity index (χ1v) is 6.99. The highest BCUT2D eigenvalue weighted by atomic mass is 16.4. The highest BCUT2D eigenvalue weighted by Gasteiger charge is 2.35. The van der Waals surface area contributed by atoms with Crippen LogP contribution in [-0.2, 0) is 17.8 Å². The lowest BCUT2D eigenvalue weighted by Crippen LogP contribution is -2.53. The number of aromatic amines is 1. The van der Waals surface area contributed by atoms with Crippen LogP contribution in [0.1, 0.15) is 18.3 Å². The summed E-state index contributed by atoms with van der Waals surface area (Å²) < 4.78 is 0. The third-order valence-corrected chi connectivity index (χ3v) is 3.75. The Morgan fingerprint density at radius 1 is 1.62 bits per heavy atom. The van der Waals surface area contributed by atoms with Crippen LogP contribution >= 0.6 is 0 Å². The Kier molecular flexibility index (Phi) is 4.79. The second-order valence-electron chi connectivity index (χ2n) is 5.14. The van der Waals surface area contributed by atoms with Crippen molar-refractivity contribution >= 4 is 12.0 Å². The predicted molar refractivity (Wildman–Crippen MR) is 75.8 cm³/mol. The molecule has 0 saturated heterocycles. The van der Waals surface area contributed by atoms with Crippen LogP contribution in [0.3, 0.4) is 0 Å². The maximum atomic E-state index is 12.2. The normalized spacial score (nSPS) is 17.7. The first-order chi connectivity index (χ1) is 10.0. The average molecular weight is 295 g/mol. The molecule has 2 rings (SSSR count). The summed E-state index contributed by atoms with van der Waals surface area (Å²) in [5, 5.41) is 12.1. The van der Waals surface area contributed by atoms with Crippen molar-refractivity contribution < 1.29 is 14.7 Å². The molecule has 0 fully saturated rings. The second kappa shape index (κ2) is 6.57. The zero-order valence-corrected chi connectivity index (χ0v) is 12.3. The molecule has 0 saturated carbocycles. The van der Waals surface area contributed by atoms with Crippen LogP contribution in [0.5, 0.6) is 0 Å². The van der Waals surface area contributed by atoms with Crippen LogP contribution in [0.2, 0.25) is 0 Å². The van der Waals surface area contributed by atoms with Gasteiger partial charge in [0, 0.05) is 19.5 Å². The minimum absolute atomic E-state index is 0.233. The zero-order valence-electron chi connectivity index (χ0n) is 12.3. The van der Waals surface area contributed by atoms with Crippen molar-refractivity contribution in [1.29, 1.82) is 0 Å². The fourth-order valence-electron chi connectivity index (χ4n) is 2.28. The number of rotatable bonds is 5. The Hall–Kier alpha value is -2.09. The number of carboxylic acid groups (broad SMARTS) is 1. The Labute approximate surface area is 123 Å². The fourth-order valence-corrected chi connectivity index (χ4v) is 2.28. The van der Waals surface area contributed by atoms with Crippen molar-refractivity contribution in [2.24, 2.45) is 0 Å². The van der Waals surface area contributed by atoms with E-state index in [0.717, 1.165) is 24.5 Å². The van der Waals surface area contributed by atoms with Crippen molar-refractivity contribution in [2.45, 2.75) is 25.9 Å². The van der Waals surface area contributed by atoms with Gasteiger partial charge in [0.05, 0.1) is 24.3 Å².